The van der Waals surface area contributed by atoms with Crippen LogP contribution in [0.15, 0.2) is 18.2 Å². The largest absolute Gasteiger partial charge is 0.330 e. The fraction of sp³-hybridized carbons (Fsp3) is 0.625. The Hall–Kier alpha value is -0.600. The summed E-state index contributed by atoms with van der Waals surface area (Å²) in [7, 11) is 0. The highest BCUT2D eigenvalue weighted by molar-refractivity contribution is 6.31. The standard InChI is InChI=1S/C16H23ClFN/c1-15(2,18)14-12(7-6-8-13(14)17)16(11-19)9-4-3-5-10-16/h6-8H,3-5,9-11,19H2,1-2H3. The molecule has 1 fully saturated rings. The van der Waals surface area contributed by atoms with E-state index in [1.807, 2.05) is 12.1 Å². The van der Waals surface area contributed by atoms with Crippen LogP contribution in [0.4, 0.5) is 4.39 Å². The Balaban J connectivity index is 2.57. The van der Waals surface area contributed by atoms with Gasteiger partial charge in [-0.3, -0.25) is 0 Å². The molecule has 0 aromatic heterocycles. The summed E-state index contributed by atoms with van der Waals surface area (Å²) in [5.41, 5.74) is 6.19. The van der Waals surface area contributed by atoms with Crippen LogP contribution in [0.3, 0.4) is 0 Å². The molecule has 2 N–H and O–H groups in total. The van der Waals surface area contributed by atoms with Crippen molar-refractivity contribution in [3.05, 3.63) is 34.3 Å². The molecule has 0 radical (unpaired) electrons. The van der Waals surface area contributed by atoms with Gasteiger partial charge in [0.25, 0.3) is 0 Å². The molecule has 1 aliphatic carbocycles. The van der Waals surface area contributed by atoms with Gasteiger partial charge in [0.1, 0.15) is 5.67 Å². The number of hydrogen-bond donors (Lipinski definition) is 1. The summed E-state index contributed by atoms with van der Waals surface area (Å²) in [6, 6.07) is 5.70. The molecule has 0 spiro atoms. The van der Waals surface area contributed by atoms with E-state index in [1.165, 1.54) is 6.42 Å². The third kappa shape index (κ3) is 2.80. The lowest BCUT2D eigenvalue weighted by atomic mass is 9.67. The Morgan fingerprint density at radius 3 is 2.42 bits per heavy atom. The summed E-state index contributed by atoms with van der Waals surface area (Å²) < 4.78 is 14.6. The van der Waals surface area contributed by atoms with Crippen LogP contribution in [0.25, 0.3) is 0 Å². The van der Waals surface area contributed by atoms with Gasteiger partial charge in [-0.2, -0.15) is 0 Å². The zero-order chi connectivity index (χ0) is 14.1. The van der Waals surface area contributed by atoms with E-state index in [0.29, 0.717) is 17.1 Å². The molecule has 0 aliphatic heterocycles. The zero-order valence-electron chi connectivity index (χ0n) is 11.8. The van der Waals surface area contributed by atoms with Gasteiger partial charge in [-0.05, 0) is 38.3 Å². The molecule has 0 bridgehead atoms. The molecule has 19 heavy (non-hydrogen) atoms. The fourth-order valence-electron chi connectivity index (χ4n) is 3.38. The Kier molecular flexibility index (Phi) is 4.22. The van der Waals surface area contributed by atoms with Crippen molar-refractivity contribution >= 4 is 11.6 Å². The van der Waals surface area contributed by atoms with Crippen molar-refractivity contribution in [3.63, 3.8) is 0 Å². The van der Waals surface area contributed by atoms with Crippen LogP contribution in [0.5, 0.6) is 0 Å². The minimum absolute atomic E-state index is 0.0954. The van der Waals surface area contributed by atoms with Gasteiger partial charge in [-0.25, -0.2) is 4.39 Å². The van der Waals surface area contributed by atoms with E-state index in [0.717, 1.165) is 31.2 Å². The summed E-state index contributed by atoms with van der Waals surface area (Å²) in [5, 5.41) is 0.517. The summed E-state index contributed by atoms with van der Waals surface area (Å²) in [4.78, 5) is 0. The number of halogens is 2. The molecule has 1 aromatic carbocycles. The van der Waals surface area contributed by atoms with Crippen LogP contribution >= 0.6 is 11.6 Å². The second kappa shape index (κ2) is 5.41. The molecule has 0 heterocycles. The molecule has 1 aromatic rings. The molecule has 0 saturated heterocycles. The maximum Gasteiger partial charge on any atom is 0.132 e. The number of alkyl halides is 1. The van der Waals surface area contributed by atoms with Gasteiger partial charge in [-0.1, -0.05) is 43.0 Å². The van der Waals surface area contributed by atoms with Gasteiger partial charge in [0.15, 0.2) is 0 Å². The lowest BCUT2D eigenvalue weighted by Crippen LogP contribution is -2.39. The summed E-state index contributed by atoms with van der Waals surface area (Å²) >= 11 is 6.27. The topological polar surface area (TPSA) is 26.0 Å². The summed E-state index contributed by atoms with van der Waals surface area (Å²) in [6.45, 7) is 3.71. The van der Waals surface area contributed by atoms with Crippen molar-refractivity contribution in [1.82, 2.24) is 0 Å². The number of rotatable bonds is 3. The summed E-state index contributed by atoms with van der Waals surface area (Å²) in [6.07, 6.45) is 5.64. The normalized spacial score (nSPS) is 19.4. The first-order chi connectivity index (χ1) is 8.91. The average Bonchev–Trinajstić information content (AvgIpc) is 2.38. The van der Waals surface area contributed by atoms with Crippen molar-refractivity contribution in [2.24, 2.45) is 5.73 Å². The fourth-order valence-corrected chi connectivity index (χ4v) is 3.78. The number of benzene rings is 1. The van der Waals surface area contributed by atoms with Gasteiger partial charge in [0, 0.05) is 22.5 Å². The highest BCUT2D eigenvalue weighted by atomic mass is 35.5. The van der Waals surface area contributed by atoms with Crippen molar-refractivity contribution in [1.29, 1.82) is 0 Å². The van der Waals surface area contributed by atoms with Crippen LogP contribution in [0, 0.1) is 0 Å². The number of nitrogens with two attached hydrogens (primary N) is 1. The third-order valence-electron chi connectivity index (χ3n) is 4.38. The Morgan fingerprint density at radius 1 is 1.26 bits per heavy atom. The maximum atomic E-state index is 14.6. The van der Waals surface area contributed by atoms with Gasteiger partial charge in [0.05, 0.1) is 0 Å². The monoisotopic (exact) mass is 283 g/mol. The predicted octanol–water partition coefficient (Wildman–Crippen LogP) is 4.71. The molecule has 3 heteroatoms. The van der Waals surface area contributed by atoms with Crippen molar-refractivity contribution in [3.8, 4) is 0 Å². The second-order valence-electron chi connectivity index (χ2n) is 6.18. The Labute approximate surface area is 120 Å². The van der Waals surface area contributed by atoms with Crippen molar-refractivity contribution < 1.29 is 4.39 Å². The molecule has 1 saturated carbocycles. The molecule has 2 rings (SSSR count). The number of hydrogen-bond acceptors (Lipinski definition) is 1. The van der Waals surface area contributed by atoms with Crippen LogP contribution < -0.4 is 5.73 Å². The quantitative estimate of drug-likeness (QED) is 0.854. The van der Waals surface area contributed by atoms with Gasteiger partial charge in [0.2, 0.25) is 0 Å². The van der Waals surface area contributed by atoms with E-state index < -0.39 is 5.67 Å². The first kappa shape index (κ1) is 14.8. The highest BCUT2D eigenvalue weighted by Crippen LogP contribution is 2.45. The van der Waals surface area contributed by atoms with Crippen LogP contribution in [-0.4, -0.2) is 6.54 Å². The molecule has 106 valence electrons. The Bertz CT molecular complexity index is 445. The Morgan fingerprint density at radius 2 is 1.89 bits per heavy atom. The maximum absolute atomic E-state index is 14.6. The lowest BCUT2D eigenvalue weighted by molar-refractivity contribution is 0.210. The molecule has 0 amide bonds. The van der Waals surface area contributed by atoms with Crippen molar-refractivity contribution in [2.45, 2.75) is 57.0 Å². The van der Waals surface area contributed by atoms with E-state index in [4.69, 9.17) is 17.3 Å². The minimum Gasteiger partial charge on any atom is -0.330 e. The van der Waals surface area contributed by atoms with E-state index in [-0.39, 0.29) is 5.41 Å². The first-order valence-corrected chi connectivity index (χ1v) is 7.47. The second-order valence-corrected chi connectivity index (χ2v) is 6.59. The molecule has 0 unspecified atom stereocenters. The first-order valence-electron chi connectivity index (χ1n) is 7.09. The molecular weight excluding hydrogens is 261 g/mol. The molecule has 1 nitrogen and oxygen atoms in total. The van der Waals surface area contributed by atoms with E-state index in [1.54, 1.807) is 19.9 Å². The average molecular weight is 284 g/mol. The van der Waals surface area contributed by atoms with Crippen LogP contribution in [0.2, 0.25) is 5.02 Å². The lowest BCUT2D eigenvalue weighted by Gasteiger charge is -2.39. The zero-order valence-corrected chi connectivity index (χ0v) is 12.6. The molecule has 1 aliphatic rings. The van der Waals surface area contributed by atoms with Crippen molar-refractivity contribution in [2.75, 3.05) is 6.54 Å². The molecule has 0 atom stereocenters. The van der Waals surface area contributed by atoms with Gasteiger partial charge >= 0.3 is 0 Å². The van der Waals surface area contributed by atoms with Crippen LogP contribution in [-0.2, 0) is 11.1 Å². The van der Waals surface area contributed by atoms with E-state index in [9.17, 15) is 4.39 Å². The molecular formula is C16H23ClFN. The minimum atomic E-state index is -1.44. The van der Waals surface area contributed by atoms with Gasteiger partial charge in [-0.15, -0.1) is 0 Å². The van der Waals surface area contributed by atoms with E-state index in [2.05, 4.69) is 0 Å². The highest BCUT2D eigenvalue weighted by Gasteiger charge is 2.38. The third-order valence-corrected chi connectivity index (χ3v) is 4.70. The predicted molar refractivity (Wildman–Crippen MR) is 79.4 cm³/mol. The van der Waals surface area contributed by atoms with Crippen LogP contribution in [0.1, 0.15) is 57.1 Å². The smallest absolute Gasteiger partial charge is 0.132 e. The van der Waals surface area contributed by atoms with E-state index >= 15 is 0 Å². The van der Waals surface area contributed by atoms with Gasteiger partial charge < -0.3 is 5.73 Å². The SMILES string of the molecule is CC(C)(F)c1c(Cl)cccc1C1(CN)CCCCC1. The summed E-state index contributed by atoms with van der Waals surface area (Å²) in [5.74, 6) is 0.